The van der Waals surface area contributed by atoms with Gasteiger partial charge in [0.15, 0.2) is 0 Å². The van der Waals surface area contributed by atoms with Gasteiger partial charge in [0.25, 0.3) is 0 Å². The fourth-order valence-electron chi connectivity index (χ4n) is 2.77. The van der Waals surface area contributed by atoms with E-state index in [9.17, 15) is 0 Å². The third-order valence-corrected chi connectivity index (χ3v) is 4.32. The van der Waals surface area contributed by atoms with E-state index in [2.05, 4.69) is 42.3 Å². The van der Waals surface area contributed by atoms with Crippen molar-refractivity contribution in [2.45, 2.75) is 30.9 Å². The van der Waals surface area contributed by atoms with Crippen LogP contribution in [0, 0.1) is 0 Å². The summed E-state index contributed by atoms with van der Waals surface area (Å²) in [6.07, 6.45) is 3.60. The van der Waals surface area contributed by atoms with Crippen LogP contribution in [0.5, 0.6) is 0 Å². The molecule has 0 amide bonds. The maximum atomic E-state index is 5.96. The van der Waals surface area contributed by atoms with Crippen LogP contribution >= 0.6 is 0 Å². The van der Waals surface area contributed by atoms with E-state index < -0.39 is 0 Å². The number of nitrogens with zero attached hydrogens (tertiary/aromatic N) is 1. The lowest BCUT2D eigenvalue weighted by Gasteiger charge is -2.52. The van der Waals surface area contributed by atoms with Crippen LogP contribution in [-0.4, -0.2) is 43.8 Å². The largest absolute Gasteiger partial charge is 0.381 e. The Labute approximate surface area is 110 Å². The molecule has 2 N–H and O–H groups in total. The van der Waals surface area contributed by atoms with Crippen LogP contribution in [0.1, 0.15) is 18.4 Å². The molecule has 0 radical (unpaired) electrons. The Hall–Kier alpha value is -0.900. The molecule has 1 aliphatic rings. The van der Waals surface area contributed by atoms with Gasteiger partial charge >= 0.3 is 0 Å². The van der Waals surface area contributed by atoms with Gasteiger partial charge in [-0.3, -0.25) is 4.90 Å². The molecule has 3 nitrogen and oxygen atoms in total. The van der Waals surface area contributed by atoms with Crippen molar-refractivity contribution in [1.82, 2.24) is 4.90 Å². The molecule has 0 bridgehead atoms. The van der Waals surface area contributed by atoms with Gasteiger partial charge in [-0.15, -0.1) is 0 Å². The molecule has 1 fully saturated rings. The van der Waals surface area contributed by atoms with Crippen molar-refractivity contribution >= 4 is 0 Å². The summed E-state index contributed by atoms with van der Waals surface area (Å²) in [5, 5.41) is 0. The Morgan fingerprint density at radius 2 is 2.00 bits per heavy atom. The summed E-state index contributed by atoms with van der Waals surface area (Å²) in [6, 6.07) is 10.6. The monoisotopic (exact) mass is 248 g/mol. The molecule has 1 aromatic rings. The molecule has 0 spiro atoms. The number of methoxy groups -OCH3 is 1. The lowest BCUT2D eigenvalue weighted by Crippen LogP contribution is -2.63. The van der Waals surface area contributed by atoms with Crippen molar-refractivity contribution in [2.24, 2.45) is 5.73 Å². The van der Waals surface area contributed by atoms with Crippen LogP contribution in [-0.2, 0) is 11.2 Å². The molecule has 0 unspecified atom stereocenters. The van der Waals surface area contributed by atoms with Crippen molar-refractivity contribution < 1.29 is 4.74 Å². The SMILES string of the molecule is COC1CC(CN)(N(C)CCc2ccccc2)C1. The van der Waals surface area contributed by atoms with Gasteiger partial charge in [0.05, 0.1) is 6.10 Å². The predicted octanol–water partition coefficient (Wildman–Crippen LogP) is 1.67. The summed E-state index contributed by atoms with van der Waals surface area (Å²) < 4.78 is 5.37. The lowest BCUT2D eigenvalue weighted by molar-refractivity contribution is -0.0778. The molecular weight excluding hydrogens is 224 g/mol. The number of nitrogens with two attached hydrogens (primary N) is 1. The van der Waals surface area contributed by atoms with E-state index in [0.29, 0.717) is 6.10 Å². The standard InChI is InChI=1S/C15H24N2O/c1-17(9-8-13-6-4-3-5-7-13)15(12-16)10-14(11-15)18-2/h3-7,14H,8-12,16H2,1-2H3. The molecule has 1 aliphatic carbocycles. The summed E-state index contributed by atoms with van der Waals surface area (Å²) in [7, 11) is 3.97. The lowest BCUT2D eigenvalue weighted by atomic mass is 9.73. The number of hydrogen-bond donors (Lipinski definition) is 1. The minimum atomic E-state index is 0.162. The van der Waals surface area contributed by atoms with Gasteiger partial charge in [0.2, 0.25) is 0 Å². The third kappa shape index (κ3) is 2.74. The Balaban J connectivity index is 1.86. The van der Waals surface area contributed by atoms with E-state index in [0.717, 1.165) is 32.4 Å². The van der Waals surface area contributed by atoms with E-state index in [1.54, 1.807) is 7.11 Å². The van der Waals surface area contributed by atoms with Gasteiger partial charge in [-0.2, -0.15) is 0 Å². The van der Waals surface area contributed by atoms with Crippen LogP contribution in [0.2, 0.25) is 0 Å². The van der Waals surface area contributed by atoms with Crippen LogP contribution in [0.3, 0.4) is 0 Å². The average Bonchev–Trinajstić information content (AvgIpc) is 2.37. The molecular formula is C15H24N2O. The van der Waals surface area contributed by atoms with Gasteiger partial charge < -0.3 is 10.5 Å². The fraction of sp³-hybridized carbons (Fsp3) is 0.600. The minimum Gasteiger partial charge on any atom is -0.381 e. The summed E-state index contributed by atoms with van der Waals surface area (Å²) >= 11 is 0. The normalized spacial score (nSPS) is 27.2. The Bertz CT molecular complexity index is 360. The molecule has 18 heavy (non-hydrogen) atoms. The van der Waals surface area contributed by atoms with E-state index in [4.69, 9.17) is 10.5 Å². The van der Waals surface area contributed by atoms with Crippen molar-refractivity contribution in [1.29, 1.82) is 0 Å². The molecule has 0 saturated heterocycles. The summed E-state index contributed by atoms with van der Waals surface area (Å²) in [5.41, 5.74) is 7.51. The Morgan fingerprint density at radius 1 is 1.33 bits per heavy atom. The third-order valence-electron chi connectivity index (χ3n) is 4.32. The smallest absolute Gasteiger partial charge is 0.0607 e. The number of hydrogen-bond acceptors (Lipinski definition) is 3. The summed E-state index contributed by atoms with van der Waals surface area (Å²) in [6.45, 7) is 1.77. The molecule has 0 heterocycles. The number of benzene rings is 1. The van der Waals surface area contributed by atoms with Crippen LogP contribution in [0.25, 0.3) is 0 Å². The van der Waals surface area contributed by atoms with Crippen molar-refractivity contribution in [3.05, 3.63) is 35.9 Å². The molecule has 0 atom stereocenters. The first-order valence-corrected chi connectivity index (χ1v) is 6.68. The van der Waals surface area contributed by atoms with E-state index in [1.165, 1.54) is 5.56 Å². The van der Waals surface area contributed by atoms with Crippen LogP contribution in [0.15, 0.2) is 30.3 Å². The molecule has 100 valence electrons. The van der Waals surface area contributed by atoms with Gasteiger partial charge in [0.1, 0.15) is 0 Å². The second-order valence-corrected chi connectivity index (χ2v) is 5.35. The molecule has 2 rings (SSSR count). The molecule has 1 aromatic carbocycles. The second-order valence-electron chi connectivity index (χ2n) is 5.35. The zero-order valence-electron chi connectivity index (χ0n) is 11.4. The molecule has 1 saturated carbocycles. The highest BCUT2D eigenvalue weighted by atomic mass is 16.5. The fourth-order valence-corrected chi connectivity index (χ4v) is 2.77. The highest BCUT2D eigenvalue weighted by molar-refractivity contribution is 5.15. The number of rotatable bonds is 6. The highest BCUT2D eigenvalue weighted by Crippen LogP contribution is 2.38. The first kappa shape index (κ1) is 13.5. The molecule has 3 heteroatoms. The zero-order chi connectivity index (χ0) is 13.0. The van der Waals surface area contributed by atoms with Crippen LogP contribution < -0.4 is 5.73 Å². The topological polar surface area (TPSA) is 38.5 Å². The summed E-state index contributed by atoms with van der Waals surface area (Å²) in [4.78, 5) is 2.41. The maximum Gasteiger partial charge on any atom is 0.0607 e. The Kier molecular flexibility index (Phi) is 4.38. The zero-order valence-corrected chi connectivity index (χ0v) is 11.4. The Morgan fingerprint density at radius 3 is 2.56 bits per heavy atom. The van der Waals surface area contributed by atoms with Gasteiger partial charge in [-0.05, 0) is 31.9 Å². The first-order chi connectivity index (χ1) is 8.70. The maximum absolute atomic E-state index is 5.96. The first-order valence-electron chi connectivity index (χ1n) is 6.68. The molecule has 0 aromatic heterocycles. The van der Waals surface area contributed by atoms with Crippen molar-refractivity contribution in [3.63, 3.8) is 0 Å². The quantitative estimate of drug-likeness (QED) is 0.832. The van der Waals surface area contributed by atoms with Gasteiger partial charge in [-0.25, -0.2) is 0 Å². The number of ether oxygens (including phenoxy) is 1. The van der Waals surface area contributed by atoms with E-state index in [1.807, 2.05) is 0 Å². The highest BCUT2D eigenvalue weighted by Gasteiger charge is 2.46. The van der Waals surface area contributed by atoms with E-state index in [-0.39, 0.29) is 5.54 Å². The van der Waals surface area contributed by atoms with Crippen molar-refractivity contribution in [2.75, 3.05) is 27.2 Å². The van der Waals surface area contributed by atoms with Gasteiger partial charge in [-0.1, -0.05) is 30.3 Å². The second kappa shape index (κ2) is 5.83. The summed E-state index contributed by atoms with van der Waals surface area (Å²) in [5.74, 6) is 0. The van der Waals surface area contributed by atoms with Crippen LogP contribution in [0.4, 0.5) is 0 Å². The van der Waals surface area contributed by atoms with Crippen molar-refractivity contribution in [3.8, 4) is 0 Å². The number of likely N-dealkylation sites (N-methyl/N-ethyl adjacent to an activating group) is 1. The molecule has 0 aliphatic heterocycles. The minimum absolute atomic E-state index is 0.162. The van der Waals surface area contributed by atoms with Gasteiger partial charge in [0, 0.05) is 25.7 Å². The average molecular weight is 248 g/mol. The van der Waals surface area contributed by atoms with E-state index >= 15 is 0 Å². The predicted molar refractivity (Wildman–Crippen MR) is 74.6 cm³/mol.